The summed E-state index contributed by atoms with van der Waals surface area (Å²) in [5.41, 5.74) is 7.29. The van der Waals surface area contributed by atoms with E-state index in [4.69, 9.17) is 5.73 Å². The number of pyridine rings is 1. The number of aromatic nitrogens is 3. The zero-order chi connectivity index (χ0) is 11.7. The molecule has 1 fully saturated rings. The third-order valence-electron chi connectivity index (χ3n) is 3.74. The zero-order valence-electron chi connectivity index (χ0n) is 9.97. The Morgan fingerprint density at radius 1 is 1.18 bits per heavy atom. The summed E-state index contributed by atoms with van der Waals surface area (Å²) in [6.07, 6.45) is 8.86. The first kappa shape index (κ1) is 10.7. The molecule has 0 aliphatic heterocycles. The molecular formula is C13H18N4. The summed E-state index contributed by atoms with van der Waals surface area (Å²) in [6, 6.07) is 5.96. The Labute approximate surface area is 101 Å². The first-order chi connectivity index (χ1) is 8.27. The van der Waals surface area contributed by atoms with Crippen molar-refractivity contribution in [2.75, 3.05) is 0 Å². The van der Waals surface area contributed by atoms with Gasteiger partial charge in [-0.3, -0.25) is 4.40 Å². The van der Waals surface area contributed by atoms with E-state index in [1.165, 1.54) is 19.3 Å². The van der Waals surface area contributed by atoms with Crippen LogP contribution in [0.15, 0.2) is 24.4 Å². The van der Waals surface area contributed by atoms with E-state index in [1.54, 1.807) is 0 Å². The number of nitrogens with two attached hydrogens (primary N) is 1. The molecule has 0 spiro atoms. The number of fused-ring (bicyclic) bond motifs is 1. The molecule has 0 aromatic carbocycles. The molecule has 1 aliphatic rings. The highest BCUT2D eigenvalue weighted by atomic mass is 15.2. The van der Waals surface area contributed by atoms with Crippen molar-refractivity contribution in [3.05, 3.63) is 30.2 Å². The maximum Gasteiger partial charge on any atom is 0.160 e. The van der Waals surface area contributed by atoms with Crippen LogP contribution in [-0.4, -0.2) is 20.1 Å². The maximum absolute atomic E-state index is 6.46. The van der Waals surface area contributed by atoms with Crippen LogP contribution in [0.3, 0.4) is 0 Å². The lowest BCUT2D eigenvalue weighted by molar-refractivity contribution is 0.289. The summed E-state index contributed by atoms with van der Waals surface area (Å²) in [4.78, 5) is 0. The molecule has 2 N–H and O–H groups in total. The smallest absolute Gasteiger partial charge is 0.160 e. The molecule has 0 unspecified atom stereocenters. The van der Waals surface area contributed by atoms with E-state index in [2.05, 4.69) is 10.2 Å². The Hall–Kier alpha value is -1.42. The van der Waals surface area contributed by atoms with Crippen LogP contribution in [0.2, 0.25) is 0 Å². The average Bonchev–Trinajstić information content (AvgIpc) is 2.73. The van der Waals surface area contributed by atoms with Gasteiger partial charge in [0.1, 0.15) is 5.82 Å². The molecule has 1 aliphatic carbocycles. The second kappa shape index (κ2) is 4.11. The third-order valence-corrected chi connectivity index (χ3v) is 3.74. The fourth-order valence-corrected chi connectivity index (χ4v) is 2.76. The molecule has 4 nitrogen and oxygen atoms in total. The van der Waals surface area contributed by atoms with Crippen molar-refractivity contribution >= 4 is 5.65 Å². The predicted molar refractivity (Wildman–Crippen MR) is 66.7 cm³/mol. The van der Waals surface area contributed by atoms with Gasteiger partial charge in [-0.05, 0) is 25.0 Å². The minimum Gasteiger partial charge on any atom is -0.325 e. The molecular weight excluding hydrogens is 212 g/mol. The third kappa shape index (κ3) is 2.05. The van der Waals surface area contributed by atoms with Gasteiger partial charge < -0.3 is 5.73 Å². The van der Waals surface area contributed by atoms with Crippen molar-refractivity contribution < 1.29 is 0 Å². The van der Waals surface area contributed by atoms with Crippen LogP contribution in [0.1, 0.15) is 37.9 Å². The van der Waals surface area contributed by atoms with Gasteiger partial charge in [0.2, 0.25) is 0 Å². The van der Waals surface area contributed by atoms with Crippen LogP contribution < -0.4 is 5.73 Å². The molecule has 0 radical (unpaired) electrons. The Kier molecular flexibility index (Phi) is 2.59. The molecule has 4 heteroatoms. The zero-order valence-corrected chi connectivity index (χ0v) is 9.97. The Bertz CT molecular complexity index is 511. The molecule has 2 aromatic heterocycles. The SMILES string of the molecule is NC1(Cc2nnc3ccccn23)CCCCC1. The van der Waals surface area contributed by atoms with Gasteiger partial charge in [0.15, 0.2) is 5.65 Å². The van der Waals surface area contributed by atoms with Gasteiger partial charge in [0.05, 0.1) is 0 Å². The normalized spacial score (nSPS) is 19.6. The van der Waals surface area contributed by atoms with Gasteiger partial charge in [-0.2, -0.15) is 0 Å². The van der Waals surface area contributed by atoms with Gasteiger partial charge in [-0.25, -0.2) is 0 Å². The molecule has 0 atom stereocenters. The molecule has 90 valence electrons. The molecule has 2 heterocycles. The highest BCUT2D eigenvalue weighted by Gasteiger charge is 2.29. The summed E-state index contributed by atoms with van der Waals surface area (Å²) in [5.74, 6) is 0.991. The Morgan fingerprint density at radius 2 is 2.00 bits per heavy atom. The van der Waals surface area contributed by atoms with Crippen molar-refractivity contribution in [1.82, 2.24) is 14.6 Å². The van der Waals surface area contributed by atoms with Crippen molar-refractivity contribution in [1.29, 1.82) is 0 Å². The van der Waals surface area contributed by atoms with Gasteiger partial charge in [0.25, 0.3) is 0 Å². The molecule has 17 heavy (non-hydrogen) atoms. The summed E-state index contributed by atoms with van der Waals surface area (Å²) in [5, 5.41) is 8.44. The largest absolute Gasteiger partial charge is 0.325 e. The standard InChI is InChI=1S/C13H18N4/c14-13(7-3-1-4-8-13)10-12-16-15-11-6-2-5-9-17(11)12/h2,5-6,9H,1,3-4,7-8,10,14H2. The number of rotatable bonds is 2. The number of nitrogens with zero attached hydrogens (tertiary/aromatic N) is 3. The highest BCUT2D eigenvalue weighted by molar-refractivity contribution is 5.37. The van der Waals surface area contributed by atoms with Gasteiger partial charge in [-0.1, -0.05) is 25.3 Å². The molecule has 0 amide bonds. The average molecular weight is 230 g/mol. The predicted octanol–water partition coefficient (Wildman–Crippen LogP) is 1.93. The minimum atomic E-state index is -0.0724. The van der Waals surface area contributed by atoms with E-state index in [9.17, 15) is 0 Å². The molecule has 0 bridgehead atoms. The monoisotopic (exact) mass is 230 g/mol. The maximum atomic E-state index is 6.46. The van der Waals surface area contributed by atoms with Crippen LogP contribution >= 0.6 is 0 Å². The second-order valence-electron chi connectivity index (χ2n) is 5.14. The molecule has 0 saturated heterocycles. The van der Waals surface area contributed by atoms with Gasteiger partial charge in [-0.15, -0.1) is 10.2 Å². The molecule has 1 saturated carbocycles. The van der Waals surface area contributed by atoms with Crippen molar-refractivity contribution in [3.8, 4) is 0 Å². The summed E-state index contributed by atoms with van der Waals surface area (Å²) >= 11 is 0. The number of hydrogen-bond acceptors (Lipinski definition) is 3. The lowest BCUT2D eigenvalue weighted by atomic mass is 9.80. The van der Waals surface area contributed by atoms with Crippen LogP contribution in [-0.2, 0) is 6.42 Å². The Morgan fingerprint density at radius 3 is 2.82 bits per heavy atom. The van der Waals surface area contributed by atoms with E-state index in [-0.39, 0.29) is 5.54 Å². The quantitative estimate of drug-likeness (QED) is 0.857. The van der Waals surface area contributed by atoms with E-state index in [0.29, 0.717) is 0 Å². The van der Waals surface area contributed by atoms with E-state index < -0.39 is 0 Å². The van der Waals surface area contributed by atoms with Crippen LogP contribution in [0.25, 0.3) is 5.65 Å². The summed E-state index contributed by atoms with van der Waals surface area (Å²) in [6.45, 7) is 0. The molecule has 2 aromatic rings. The van der Waals surface area contributed by atoms with E-state index in [0.717, 1.165) is 30.7 Å². The van der Waals surface area contributed by atoms with Crippen molar-refractivity contribution in [3.63, 3.8) is 0 Å². The van der Waals surface area contributed by atoms with Crippen LogP contribution in [0, 0.1) is 0 Å². The van der Waals surface area contributed by atoms with Crippen molar-refractivity contribution in [2.24, 2.45) is 5.73 Å². The second-order valence-corrected chi connectivity index (χ2v) is 5.14. The number of hydrogen-bond donors (Lipinski definition) is 1. The fourth-order valence-electron chi connectivity index (χ4n) is 2.76. The first-order valence-electron chi connectivity index (χ1n) is 6.34. The Balaban J connectivity index is 1.89. The van der Waals surface area contributed by atoms with Crippen molar-refractivity contribution in [2.45, 2.75) is 44.1 Å². The lowest BCUT2D eigenvalue weighted by Gasteiger charge is -2.32. The lowest BCUT2D eigenvalue weighted by Crippen LogP contribution is -2.44. The van der Waals surface area contributed by atoms with E-state index >= 15 is 0 Å². The fraction of sp³-hybridized carbons (Fsp3) is 0.538. The minimum absolute atomic E-state index is 0.0724. The van der Waals surface area contributed by atoms with Gasteiger partial charge in [0, 0.05) is 18.2 Å². The van der Waals surface area contributed by atoms with Gasteiger partial charge >= 0.3 is 0 Å². The summed E-state index contributed by atoms with van der Waals surface area (Å²) in [7, 11) is 0. The van der Waals surface area contributed by atoms with E-state index in [1.807, 2.05) is 28.8 Å². The topological polar surface area (TPSA) is 56.2 Å². The van der Waals surface area contributed by atoms with Crippen LogP contribution in [0.5, 0.6) is 0 Å². The van der Waals surface area contributed by atoms with Crippen LogP contribution in [0.4, 0.5) is 0 Å². The summed E-state index contributed by atoms with van der Waals surface area (Å²) < 4.78 is 2.04. The highest BCUT2D eigenvalue weighted by Crippen LogP contribution is 2.28. The molecule has 3 rings (SSSR count). The first-order valence-corrected chi connectivity index (χ1v) is 6.34.